The van der Waals surface area contributed by atoms with Crippen molar-refractivity contribution in [3.05, 3.63) is 60.1 Å². The van der Waals surface area contributed by atoms with E-state index in [2.05, 4.69) is 53.5 Å². The summed E-state index contributed by atoms with van der Waals surface area (Å²) in [5.41, 5.74) is 1.31. The Morgan fingerprint density at radius 2 is 2.10 bits per heavy atom. The molecule has 1 aromatic heterocycles. The smallest absolute Gasteiger partial charge is 0.125 e. The lowest BCUT2D eigenvalue weighted by Crippen LogP contribution is -2.47. The molecule has 1 aliphatic heterocycles. The third-order valence-electron chi connectivity index (χ3n) is 4.36. The van der Waals surface area contributed by atoms with Gasteiger partial charge in [-0.05, 0) is 43.6 Å². The Labute approximate surface area is 127 Å². The second kappa shape index (κ2) is 6.92. The van der Waals surface area contributed by atoms with E-state index in [0.717, 1.165) is 25.4 Å². The van der Waals surface area contributed by atoms with Crippen LogP contribution in [-0.2, 0) is 0 Å². The third-order valence-corrected chi connectivity index (χ3v) is 4.36. The van der Waals surface area contributed by atoms with Crippen molar-refractivity contribution in [2.24, 2.45) is 0 Å². The normalized spacial score (nSPS) is 20.6. The van der Waals surface area contributed by atoms with Crippen molar-refractivity contribution in [2.75, 3.05) is 19.6 Å². The second-order valence-corrected chi connectivity index (χ2v) is 5.66. The van der Waals surface area contributed by atoms with Crippen LogP contribution in [-0.4, -0.2) is 30.6 Å². The highest BCUT2D eigenvalue weighted by molar-refractivity contribution is 5.27. The van der Waals surface area contributed by atoms with Crippen LogP contribution in [0.1, 0.15) is 37.1 Å². The molecule has 3 nitrogen and oxygen atoms in total. The molecule has 1 aromatic carbocycles. The molecule has 112 valence electrons. The minimum atomic E-state index is 0.205. The summed E-state index contributed by atoms with van der Waals surface area (Å²) in [4.78, 5) is 2.57. The number of benzene rings is 1. The van der Waals surface area contributed by atoms with Gasteiger partial charge in [0.2, 0.25) is 0 Å². The minimum Gasteiger partial charge on any atom is -0.467 e. The summed E-state index contributed by atoms with van der Waals surface area (Å²) in [5, 5.41) is 3.53. The van der Waals surface area contributed by atoms with Crippen LogP contribution in [0.25, 0.3) is 0 Å². The van der Waals surface area contributed by atoms with Crippen LogP contribution < -0.4 is 5.32 Å². The predicted molar refractivity (Wildman–Crippen MR) is 85.3 cm³/mol. The van der Waals surface area contributed by atoms with Gasteiger partial charge in [0.25, 0.3) is 0 Å². The van der Waals surface area contributed by atoms with Gasteiger partial charge in [-0.2, -0.15) is 0 Å². The summed E-state index contributed by atoms with van der Waals surface area (Å²) in [7, 11) is 0. The third kappa shape index (κ3) is 3.20. The van der Waals surface area contributed by atoms with Crippen LogP contribution >= 0.6 is 0 Å². The monoisotopic (exact) mass is 284 g/mol. The van der Waals surface area contributed by atoms with Gasteiger partial charge in [0.15, 0.2) is 0 Å². The van der Waals surface area contributed by atoms with E-state index >= 15 is 0 Å². The van der Waals surface area contributed by atoms with Crippen LogP contribution in [0.3, 0.4) is 0 Å². The number of hydrogen-bond donors (Lipinski definition) is 1. The summed E-state index contributed by atoms with van der Waals surface area (Å²) < 4.78 is 5.76. The van der Waals surface area contributed by atoms with Crippen LogP contribution in [0.4, 0.5) is 0 Å². The fourth-order valence-electron chi connectivity index (χ4n) is 3.37. The van der Waals surface area contributed by atoms with Gasteiger partial charge in [-0.25, -0.2) is 0 Å². The van der Waals surface area contributed by atoms with Crippen molar-refractivity contribution in [3.8, 4) is 0 Å². The molecule has 1 N–H and O–H groups in total. The topological polar surface area (TPSA) is 28.4 Å². The summed E-state index contributed by atoms with van der Waals surface area (Å²) in [6.07, 6.45) is 4.28. The van der Waals surface area contributed by atoms with Crippen molar-refractivity contribution in [1.82, 2.24) is 10.2 Å². The molecular weight excluding hydrogens is 260 g/mol. The molecule has 0 aliphatic carbocycles. The minimum absolute atomic E-state index is 0.205. The Morgan fingerprint density at radius 3 is 2.71 bits per heavy atom. The fourth-order valence-corrected chi connectivity index (χ4v) is 3.37. The molecule has 0 amide bonds. The number of furan rings is 1. The Hall–Kier alpha value is -1.58. The fraction of sp³-hybridized carbons (Fsp3) is 0.444. The van der Waals surface area contributed by atoms with E-state index in [9.17, 15) is 0 Å². The van der Waals surface area contributed by atoms with Crippen molar-refractivity contribution in [1.29, 1.82) is 0 Å². The summed E-state index contributed by atoms with van der Waals surface area (Å²) in [6, 6.07) is 15.5. The van der Waals surface area contributed by atoms with Gasteiger partial charge >= 0.3 is 0 Å². The molecule has 3 rings (SSSR count). The molecule has 0 spiro atoms. The van der Waals surface area contributed by atoms with Crippen LogP contribution in [0.15, 0.2) is 53.1 Å². The predicted octanol–water partition coefficient (Wildman–Crippen LogP) is 3.44. The van der Waals surface area contributed by atoms with Crippen molar-refractivity contribution in [2.45, 2.75) is 31.8 Å². The Kier molecular flexibility index (Phi) is 4.73. The largest absolute Gasteiger partial charge is 0.467 e. The number of nitrogens with zero attached hydrogens (tertiary/aromatic N) is 1. The van der Waals surface area contributed by atoms with E-state index in [4.69, 9.17) is 4.42 Å². The van der Waals surface area contributed by atoms with Gasteiger partial charge in [-0.1, -0.05) is 37.3 Å². The molecule has 0 saturated carbocycles. The lowest BCUT2D eigenvalue weighted by molar-refractivity contribution is 0.126. The maximum Gasteiger partial charge on any atom is 0.125 e. The first-order chi connectivity index (χ1) is 10.4. The number of rotatable bonds is 5. The van der Waals surface area contributed by atoms with Gasteiger partial charge in [0.1, 0.15) is 5.76 Å². The molecule has 3 heteroatoms. The zero-order chi connectivity index (χ0) is 14.5. The highest BCUT2D eigenvalue weighted by Gasteiger charge is 2.30. The molecular formula is C18H24N2O. The highest BCUT2D eigenvalue weighted by atomic mass is 16.3. The molecule has 1 fully saturated rings. The average molecular weight is 284 g/mol. The first kappa shape index (κ1) is 14.4. The number of hydrogen-bond acceptors (Lipinski definition) is 3. The highest BCUT2D eigenvalue weighted by Crippen LogP contribution is 2.31. The molecule has 0 bridgehead atoms. The van der Waals surface area contributed by atoms with Gasteiger partial charge in [-0.15, -0.1) is 0 Å². The van der Waals surface area contributed by atoms with E-state index in [-0.39, 0.29) is 6.04 Å². The number of piperidine rings is 1. The lowest BCUT2D eigenvalue weighted by atomic mass is 9.97. The molecule has 2 aromatic rings. The Bertz CT molecular complexity index is 517. The van der Waals surface area contributed by atoms with E-state index in [0.29, 0.717) is 6.04 Å². The second-order valence-electron chi connectivity index (χ2n) is 5.66. The van der Waals surface area contributed by atoms with E-state index in [1.165, 1.54) is 18.4 Å². The summed E-state index contributed by atoms with van der Waals surface area (Å²) in [6.45, 7) is 5.47. The summed E-state index contributed by atoms with van der Waals surface area (Å²) in [5.74, 6) is 1.04. The number of likely N-dealkylation sites (N-methyl/N-ethyl adjacent to an activating group) is 1. The van der Waals surface area contributed by atoms with Gasteiger partial charge in [0, 0.05) is 12.6 Å². The van der Waals surface area contributed by atoms with E-state index in [1.807, 2.05) is 6.07 Å². The van der Waals surface area contributed by atoms with Crippen molar-refractivity contribution in [3.63, 3.8) is 0 Å². The first-order valence-corrected chi connectivity index (χ1v) is 7.95. The summed E-state index contributed by atoms with van der Waals surface area (Å²) >= 11 is 0. The first-order valence-electron chi connectivity index (χ1n) is 7.95. The SMILES string of the molecule is CCN(C1CCCNC1)C(c1ccccc1)c1ccco1. The maximum atomic E-state index is 5.76. The van der Waals surface area contributed by atoms with E-state index in [1.54, 1.807) is 6.26 Å². The van der Waals surface area contributed by atoms with Gasteiger partial charge in [0.05, 0.1) is 12.3 Å². The van der Waals surface area contributed by atoms with E-state index < -0.39 is 0 Å². The molecule has 2 heterocycles. The van der Waals surface area contributed by atoms with Crippen molar-refractivity contribution < 1.29 is 4.42 Å². The van der Waals surface area contributed by atoms with Crippen LogP contribution in [0, 0.1) is 0 Å². The molecule has 2 unspecified atom stereocenters. The molecule has 2 atom stereocenters. The standard InChI is InChI=1S/C18H24N2O/c1-2-20(16-10-6-12-19-14-16)18(17-11-7-13-21-17)15-8-4-3-5-9-15/h3-5,7-9,11,13,16,18-19H,2,6,10,12,14H2,1H3. The zero-order valence-corrected chi connectivity index (χ0v) is 12.7. The van der Waals surface area contributed by atoms with Crippen LogP contribution in [0.5, 0.6) is 0 Å². The quantitative estimate of drug-likeness (QED) is 0.911. The molecule has 0 radical (unpaired) electrons. The Morgan fingerprint density at radius 1 is 1.24 bits per heavy atom. The van der Waals surface area contributed by atoms with Gasteiger partial charge in [-0.3, -0.25) is 4.90 Å². The average Bonchev–Trinajstić information content (AvgIpc) is 3.08. The van der Waals surface area contributed by atoms with Crippen molar-refractivity contribution >= 4 is 0 Å². The molecule has 1 saturated heterocycles. The Balaban J connectivity index is 1.93. The molecule has 1 aliphatic rings. The molecule has 21 heavy (non-hydrogen) atoms. The zero-order valence-electron chi connectivity index (χ0n) is 12.7. The number of nitrogens with one attached hydrogen (secondary N) is 1. The van der Waals surface area contributed by atoms with Gasteiger partial charge < -0.3 is 9.73 Å². The lowest BCUT2D eigenvalue weighted by Gasteiger charge is -2.39. The maximum absolute atomic E-state index is 5.76. The van der Waals surface area contributed by atoms with Crippen LogP contribution in [0.2, 0.25) is 0 Å².